The number of ether oxygens (including phenoxy) is 1. The van der Waals surface area contributed by atoms with E-state index in [4.69, 9.17) is 0 Å². The second-order valence-electron chi connectivity index (χ2n) is 4.01. The zero-order valence-corrected chi connectivity index (χ0v) is 10.8. The van der Waals surface area contributed by atoms with Gasteiger partial charge in [-0.25, -0.2) is 12.7 Å². The number of sulfonamides is 1. The lowest BCUT2D eigenvalue weighted by Crippen LogP contribution is -2.45. The smallest absolute Gasteiger partial charge is 0.322 e. The van der Waals surface area contributed by atoms with Crippen molar-refractivity contribution in [2.75, 3.05) is 26.0 Å². The molecular formula is C10H17NO5S. The fraction of sp³-hybridized carbons (Fsp3) is 0.800. The van der Waals surface area contributed by atoms with Crippen LogP contribution in [0.2, 0.25) is 0 Å². The van der Waals surface area contributed by atoms with Crippen molar-refractivity contribution in [2.45, 2.75) is 19.8 Å². The summed E-state index contributed by atoms with van der Waals surface area (Å²) >= 11 is 0. The highest BCUT2D eigenvalue weighted by atomic mass is 32.2. The summed E-state index contributed by atoms with van der Waals surface area (Å²) in [5.74, 6) is -1.60. The summed E-state index contributed by atoms with van der Waals surface area (Å²) in [7, 11) is -2.51. The number of methoxy groups -OCH3 is 1. The fourth-order valence-corrected chi connectivity index (χ4v) is 3.16. The van der Waals surface area contributed by atoms with Crippen LogP contribution < -0.4 is 0 Å². The molecule has 6 nitrogen and oxygen atoms in total. The maximum absolute atomic E-state index is 11.8. The number of esters is 1. The van der Waals surface area contributed by atoms with E-state index < -0.39 is 21.7 Å². The topological polar surface area (TPSA) is 80.8 Å². The van der Waals surface area contributed by atoms with Gasteiger partial charge < -0.3 is 4.74 Å². The SMILES string of the molecule is CCC1CN(S(=O)(=O)CC(=O)OC)CCC1=O. The molecule has 0 bridgehead atoms. The van der Waals surface area contributed by atoms with Gasteiger partial charge in [0.05, 0.1) is 7.11 Å². The summed E-state index contributed by atoms with van der Waals surface area (Å²) < 4.78 is 29.2. The predicted octanol–water partition coefficient (Wildman–Crippen LogP) is -0.210. The molecule has 0 aromatic heterocycles. The van der Waals surface area contributed by atoms with Gasteiger partial charge >= 0.3 is 5.97 Å². The van der Waals surface area contributed by atoms with Crippen molar-refractivity contribution in [1.82, 2.24) is 4.31 Å². The second-order valence-corrected chi connectivity index (χ2v) is 5.98. The first-order valence-corrected chi connectivity index (χ1v) is 7.09. The minimum absolute atomic E-state index is 0.0945. The molecule has 0 aliphatic carbocycles. The van der Waals surface area contributed by atoms with Crippen LogP contribution in [0.1, 0.15) is 19.8 Å². The number of Topliss-reactive ketones (excluding diaryl/α,β-unsaturated/α-hetero) is 1. The number of piperidine rings is 1. The highest BCUT2D eigenvalue weighted by Gasteiger charge is 2.33. The molecule has 0 amide bonds. The van der Waals surface area contributed by atoms with Crippen LogP contribution in [0.25, 0.3) is 0 Å². The van der Waals surface area contributed by atoms with Gasteiger partial charge in [0.15, 0.2) is 5.75 Å². The summed E-state index contributed by atoms with van der Waals surface area (Å²) in [6, 6.07) is 0. The number of nitrogens with zero attached hydrogens (tertiary/aromatic N) is 1. The largest absolute Gasteiger partial charge is 0.468 e. The number of carbonyl (C=O) groups excluding carboxylic acids is 2. The van der Waals surface area contributed by atoms with Gasteiger partial charge in [0.1, 0.15) is 5.78 Å². The zero-order chi connectivity index (χ0) is 13.1. The molecule has 0 aromatic rings. The van der Waals surface area contributed by atoms with E-state index in [-0.39, 0.29) is 31.2 Å². The van der Waals surface area contributed by atoms with Gasteiger partial charge in [-0.2, -0.15) is 0 Å². The van der Waals surface area contributed by atoms with Crippen molar-refractivity contribution in [3.8, 4) is 0 Å². The Hall–Kier alpha value is -0.950. The Balaban J connectivity index is 2.73. The van der Waals surface area contributed by atoms with Crippen LogP contribution in [-0.4, -0.2) is 50.4 Å². The molecule has 1 atom stereocenters. The van der Waals surface area contributed by atoms with Gasteiger partial charge in [0, 0.05) is 25.4 Å². The summed E-state index contributed by atoms with van der Waals surface area (Å²) in [6.07, 6.45) is 0.835. The first-order chi connectivity index (χ1) is 7.90. The van der Waals surface area contributed by atoms with Crippen LogP contribution in [0.5, 0.6) is 0 Å². The van der Waals surface area contributed by atoms with Crippen LogP contribution >= 0.6 is 0 Å². The third-order valence-corrected chi connectivity index (χ3v) is 4.62. The third-order valence-electron chi connectivity index (χ3n) is 2.90. The lowest BCUT2D eigenvalue weighted by molar-refractivity contribution is -0.137. The molecule has 0 radical (unpaired) electrons. The minimum Gasteiger partial charge on any atom is -0.468 e. The van der Waals surface area contributed by atoms with Crippen LogP contribution in [-0.2, 0) is 24.3 Å². The van der Waals surface area contributed by atoms with Gasteiger partial charge in [-0.05, 0) is 6.42 Å². The van der Waals surface area contributed by atoms with Crippen molar-refractivity contribution < 1.29 is 22.7 Å². The van der Waals surface area contributed by atoms with Crippen molar-refractivity contribution in [2.24, 2.45) is 5.92 Å². The highest BCUT2D eigenvalue weighted by Crippen LogP contribution is 2.19. The maximum atomic E-state index is 11.8. The van der Waals surface area contributed by atoms with Gasteiger partial charge in [-0.15, -0.1) is 0 Å². The van der Waals surface area contributed by atoms with E-state index in [1.807, 2.05) is 6.92 Å². The molecule has 1 fully saturated rings. The van der Waals surface area contributed by atoms with Gasteiger partial charge in [0.2, 0.25) is 10.0 Å². The van der Waals surface area contributed by atoms with Crippen LogP contribution in [0.15, 0.2) is 0 Å². The predicted molar refractivity (Wildman–Crippen MR) is 60.8 cm³/mol. The molecule has 17 heavy (non-hydrogen) atoms. The van der Waals surface area contributed by atoms with E-state index in [0.29, 0.717) is 6.42 Å². The van der Waals surface area contributed by atoms with Crippen molar-refractivity contribution in [1.29, 1.82) is 0 Å². The Morgan fingerprint density at radius 3 is 2.71 bits per heavy atom. The Bertz CT molecular complexity index is 403. The molecule has 0 N–H and O–H groups in total. The highest BCUT2D eigenvalue weighted by molar-refractivity contribution is 7.89. The van der Waals surface area contributed by atoms with Gasteiger partial charge in [-0.3, -0.25) is 9.59 Å². The average Bonchev–Trinajstić information content (AvgIpc) is 2.28. The van der Waals surface area contributed by atoms with Crippen LogP contribution in [0.4, 0.5) is 0 Å². The molecule has 98 valence electrons. The fourth-order valence-electron chi connectivity index (χ4n) is 1.79. The molecular weight excluding hydrogens is 246 g/mol. The third kappa shape index (κ3) is 3.50. The van der Waals surface area contributed by atoms with E-state index in [0.717, 1.165) is 7.11 Å². The Kier molecular flexibility index (Phi) is 4.64. The lowest BCUT2D eigenvalue weighted by atomic mass is 9.96. The Morgan fingerprint density at radius 1 is 1.53 bits per heavy atom. The maximum Gasteiger partial charge on any atom is 0.322 e. The molecule has 1 saturated heterocycles. The molecule has 7 heteroatoms. The lowest BCUT2D eigenvalue weighted by Gasteiger charge is -2.30. The number of rotatable bonds is 4. The van der Waals surface area contributed by atoms with Crippen molar-refractivity contribution >= 4 is 21.8 Å². The number of hydrogen-bond acceptors (Lipinski definition) is 5. The first kappa shape index (κ1) is 14.1. The van der Waals surface area contributed by atoms with E-state index >= 15 is 0 Å². The van der Waals surface area contributed by atoms with Crippen LogP contribution in [0.3, 0.4) is 0 Å². The van der Waals surface area contributed by atoms with E-state index in [1.54, 1.807) is 0 Å². The average molecular weight is 263 g/mol. The normalized spacial score (nSPS) is 22.5. The molecule has 1 rings (SSSR count). The molecule has 1 aliphatic heterocycles. The van der Waals surface area contributed by atoms with E-state index in [9.17, 15) is 18.0 Å². The van der Waals surface area contributed by atoms with E-state index in [1.165, 1.54) is 4.31 Å². The summed E-state index contributed by atoms with van der Waals surface area (Å²) in [6.45, 7) is 2.18. The Morgan fingerprint density at radius 2 is 2.18 bits per heavy atom. The standard InChI is InChI=1S/C10H17NO5S/c1-3-8-6-11(5-4-9(8)12)17(14,15)7-10(13)16-2/h8H,3-7H2,1-2H3. The molecule has 1 heterocycles. The molecule has 0 aromatic carbocycles. The van der Waals surface area contributed by atoms with Gasteiger partial charge in [0.25, 0.3) is 0 Å². The molecule has 0 saturated carbocycles. The van der Waals surface area contributed by atoms with Crippen molar-refractivity contribution in [3.63, 3.8) is 0 Å². The summed E-state index contributed by atoms with van der Waals surface area (Å²) in [4.78, 5) is 22.5. The van der Waals surface area contributed by atoms with Crippen molar-refractivity contribution in [3.05, 3.63) is 0 Å². The number of hydrogen-bond donors (Lipinski definition) is 0. The van der Waals surface area contributed by atoms with Crippen LogP contribution in [0, 0.1) is 5.92 Å². The second kappa shape index (κ2) is 5.59. The zero-order valence-electron chi connectivity index (χ0n) is 10.0. The monoisotopic (exact) mass is 263 g/mol. The minimum atomic E-state index is -3.65. The quantitative estimate of drug-likeness (QED) is 0.656. The first-order valence-electron chi connectivity index (χ1n) is 5.48. The molecule has 0 spiro atoms. The Labute approximate surface area is 101 Å². The van der Waals surface area contributed by atoms with E-state index in [2.05, 4.69) is 4.74 Å². The summed E-state index contributed by atoms with van der Waals surface area (Å²) in [5.41, 5.74) is 0. The molecule has 1 aliphatic rings. The number of carbonyl (C=O) groups is 2. The van der Waals surface area contributed by atoms with Gasteiger partial charge in [-0.1, -0.05) is 6.92 Å². The molecule has 1 unspecified atom stereocenters. The summed E-state index contributed by atoms with van der Waals surface area (Å²) in [5, 5.41) is 0. The number of ketones is 1.